The molecule has 1 saturated heterocycles. The lowest BCUT2D eigenvalue weighted by atomic mass is 9.88. The fraction of sp³-hybridized carbons (Fsp3) is 0.591. The zero-order valence-electron chi connectivity index (χ0n) is 19.7. The van der Waals surface area contributed by atoms with Crippen molar-refractivity contribution in [3.8, 4) is 11.5 Å². The summed E-state index contributed by atoms with van der Waals surface area (Å²) in [6.45, 7) is 8.12. The summed E-state index contributed by atoms with van der Waals surface area (Å²) in [7, 11) is -3.52. The number of carboxylic acid groups (broad SMARTS) is 1. The number of amides is 1. The molecule has 33 heavy (non-hydrogen) atoms. The van der Waals surface area contributed by atoms with Crippen LogP contribution in [0.1, 0.15) is 46.4 Å². The molecule has 2 aromatic rings. The first kappa shape index (κ1) is 25.1. The maximum atomic E-state index is 12.3. The van der Waals surface area contributed by atoms with Crippen molar-refractivity contribution in [2.75, 3.05) is 24.2 Å². The van der Waals surface area contributed by atoms with Crippen molar-refractivity contribution in [3.63, 3.8) is 0 Å². The molecule has 1 aromatic heterocycles. The van der Waals surface area contributed by atoms with Crippen molar-refractivity contribution in [2.45, 2.75) is 56.9 Å². The van der Waals surface area contributed by atoms with E-state index < -0.39 is 26.8 Å². The Morgan fingerprint density at radius 3 is 2.55 bits per heavy atom. The average Bonchev–Trinajstić information content (AvgIpc) is 3.22. The molecule has 3 rings (SSSR count). The fourth-order valence-corrected chi connectivity index (χ4v) is 4.62. The molecule has 11 heteroatoms. The van der Waals surface area contributed by atoms with E-state index in [2.05, 4.69) is 15.5 Å². The zero-order valence-corrected chi connectivity index (χ0v) is 20.5. The summed E-state index contributed by atoms with van der Waals surface area (Å²) in [5.74, 6) is 0.688. The molecule has 3 unspecified atom stereocenters. The molecular weight excluding hydrogens is 446 g/mol. The first-order valence-corrected chi connectivity index (χ1v) is 12.8. The smallest absolute Gasteiger partial charge is 0.411 e. The summed E-state index contributed by atoms with van der Waals surface area (Å²) < 4.78 is 29.8. The molecule has 0 saturated carbocycles. The van der Waals surface area contributed by atoms with E-state index in [0.717, 1.165) is 6.26 Å². The van der Waals surface area contributed by atoms with E-state index in [4.69, 9.17) is 10.3 Å². The number of nitrogens with zero attached hydrogens (tertiary/aromatic N) is 3. The van der Waals surface area contributed by atoms with Crippen LogP contribution in [0.25, 0.3) is 11.5 Å². The number of anilines is 1. The standard InChI is InChI=1S/C22H33N5O5S/c1-21(2,3)19-25-18(32-26-19)15-8-6-7-9-16(15)27(20(28)29)13-14-10-11-24-17(12-14)22(4,23)33(5,30)31/h6-9,14,17,24H,10-13,23H2,1-5H3,(H,28,29). The van der Waals surface area contributed by atoms with Gasteiger partial charge in [0, 0.05) is 24.3 Å². The monoisotopic (exact) mass is 479 g/mol. The van der Waals surface area contributed by atoms with E-state index in [9.17, 15) is 18.3 Å². The van der Waals surface area contributed by atoms with Crippen LogP contribution in [0.15, 0.2) is 28.8 Å². The number of piperidine rings is 1. The second kappa shape index (κ2) is 9.03. The van der Waals surface area contributed by atoms with Crippen LogP contribution in [0.2, 0.25) is 0 Å². The van der Waals surface area contributed by atoms with Gasteiger partial charge in [0.1, 0.15) is 4.87 Å². The SMILES string of the molecule is CC(C)(C)c1noc(-c2ccccc2N(CC2CCNC(C(C)(N)S(C)(=O)=O)C2)C(=O)O)n1. The molecule has 1 aromatic carbocycles. The summed E-state index contributed by atoms with van der Waals surface area (Å²) >= 11 is 0. The number of nitrogens with one attached hydrogen (secondary N) is 1. The molecule has 0 bridgehead atoms. The Morgan fingerprint density at radius 2 is 1.97 bits per heavy atom. The Bertz CT molecular complexity index is 1110. The Balaban J connectivity index is 1.89. The van der Waals surface area contributed by atoms with Gasteiger partial charge in [0.2, 0.25) is 0 Å². The normalized spacial score (nSPS) is 21.4. The predicted molar refractivity (Wildman–Crippen MR) is 126 cm³/mol. The van der Waals surface area contributed by atoms with E-state index in [1.54, 1.807) is 24.3 Å². The van der Waals surface area contributed by atoms with Crippen LogP contribution >= 0.6 is 0 Å². The third-order valence-electron chi connectivity index (χ3n) is 6.20. The highest BCUT2D eigenvalue weighted by Crippen LogP contribution is 2.34. The Labute approximate surface area is 194 Å². The van der Waals surface area contributed by atoms with Gasteiger partial charge in [-0.2, -0.15) is 4.98 Å². The fourth-order valence-electron chi connectivity index (χ4n) is 3.92. The number of sulfone groups is 1. The van der Waals surface area contributed by atoms with Crippen LogP contribution in [0, 0.1) is 5.92 Å². The summed E-state index contributed by atoms with van der Waals surface area (Å²) in [5.41, 5.74) is 6.80. The number of rotatable bonds is 6. The van der Waals surface area contributed by atoms with Crippen molar-refractivity contribution in [1.29, 1.82) is 0 Å². The number of aromatic nitrogens is 2. The third-order valence-corrected chi connectivity index (χ3v) is 8.08. The number of benzene rings is 1. The molecule has 2 heterocycles. The Kier molecular flexibility index (Phi) is 6.88. The topological polar surface area (TPSA) is 152 Å². The van der Waals surface area contributed by atoms with Crippen LogP contribution in [0.5, 0.6) is 0 Å². The Morgan fingerprint density at radius 1 is 1.30 bits per heavy atom. The molecule has 0 spiro atoms. The first-order chi connectivity index (χ1) is 15.2. The van der Waals surface area contributed by atoms with Crippen molar-refractivity contribution in [2.24, 2.45) is 11.7 Å². The molecule has 182 valence electrons. The lowest BCUT2D eigenvalue weighted by molar-refractivity contribution is 0.196. The second-order valence-electron chi connectivity index (χ2n) is 9.94. The number of nitrogens with two attached hydrogens (primary N) is 1. The zero-order chi connectivity index (χ0) is 24.6. The van der Waals surface area contributed by atoms with Gasteiger partial charge in [-0.1, -0.05) is 38.1 Å². The second-order valence-corrected chi connectivity index (χ2v) is 12.4. The van der Waals surface area contributed by atoms with Gasteiger partial charge in [0.15, 0.2) is 15.7 Å². The van der Waals surface area contributed by atoms with Crippen LogP contribution in [0.3, 0.4) is 0 Å². The van der Waals surface area contributed by atoms with Crippen LogP contribution in [-0.2, 0) is 15.3 Å². The van der Waals surface area contributed by atoms with Gasteiger partial charge >= 0.3 is 6.09 Å². The van der Waals surface area contributed by atoms with Crippen LogP contribution < -0.4 is 16.0 Å². The van der Waals surface area contributed by atoms with Gasteiger partial charge in [-0.25, -0.2) is 13.2 Å². The van der Waals surface area contributed by atoms with Crippen molar-refractivity contribution >= 4 is 21.6 Å². The number of carbonyl (C=O) groups is 1. The average molecular weight is 480 g/mol. The maximum absolute atomic E-state index is 12.3. The summed E-state index contributed by atoms with van der Waals surface area (Å²) in [4.78, 5) is 16.6. The Hall–Kier alpha value is -2.50. The molecule has 1 fully saturated rings. The highest BCUT2D eigenvalue weighted by Gasteiger charge is 2.42. The first-order valence-electron chi connectivity index (χ1n) is 10.9. The van der Waals surface area contributed by atoms with Gasteiger partial charge in [-0.3, -0.25) is 4.90 Å². The van der Waals surface area contributed by atoms with E-state index in [-0.39, 0.29) is 23.8 Å². The minimum atomic E-state index is -3.52. The molecule has 1 aliphatic heterocycles. The van der Waals surface area contributed by atoms with Gasteiger partial charge in [0.05, 0.1) is 11.3 Å². The van der Waals surface area contributed by atoms with Gasteiger partial charge in [0.25, 0.3) is 5.89 Å². The van der Waals surface area contributed by atoms with Gasteiger partial charge < -0.3 is 20.7 Å². The van der Waals surface area contributed by atoms with Crippen LogP contribution in [-0.4, -0.2) is 60.0 Å². The number of hydrogen-bond donors (Lipinski definition) is 3. The van der Waals surface area contributed by atoms with Crippen molar-refractivity contribution < 1.29 is 22.8 Å². The third kappa shape index (κ3) is 5.36. The summed E-state index contributed by atoms with van der Waals surface area (Å²) in [6, 6.07) is 6.50. The summed E-state index contributed by atoms with van der Waals surface area (Å²) in [6.07, 6.45) is 1.12. The number of hydrogen-bond acceptors (Lipinski definition) is 8. The van der Waals surface area contributed by atoms with E-state index in [1.807, 2.05) is 20.8 Å². The number of para-hydroxylation sites is 1. The van der Waals surface area contributed by atoms with Gasteiger partial charge in [-0.05, 0) is 44.4 Å². The highest BCUT2D eigenvalue weighted by molar-refractivity contribution is 7.92. The maximum Gasteiger partial charge on any atom is 0.411 e. The quantitative estimate of drug-likeness (QED) is 0.567. The molecule has 0 aliphatic carbocycles. The predicted octanol–water partition coefficient (Wildman–Crippen LogP) is 2.61. The lowest BCUT2D eigenvalue weighted by Gasteiger charge is -2.40. The largest absolute Gasteiger partial charge is 0.465 e. The van der Waals surface area contributed by atoms with Gasteiger partial charge in [-0.15, -0.1) is 0 Å². The molecule has 10 nitrogen and oxygen atoms in total. The molecule has 1 aliphatic rings. The minimum Gasteiger partial charge on any atom is -0.465 e. The van der Waals surface area contributed by atoms with Crippen LogP contribution in [0.4, 0.5) is 10.5 Å². The molecule has 4 N–H and O–H groups in total. The molecule has 1 amide bonds. The molecular formula is C22H33N5O5S. The highest BCUT2D eigenvalue weighted by atomic mass is 32.2. The van der Waals surface area contributed by atoms with Crippen molar-refractivity contribution in [1.82, 2.24) is 15.5 Å². The van der Waals surface area contributed by atoms with Crippen molar-refractivity contribution in [3.05, 3.63) is 30.1 Å². The lowest BCUT2D eigenvalue weighted by Crippen LogP contribution is -2.62. The molecule has 0 radical (unpaired) electrons. The van der Waals surface area contributed by atoms with E-state index in [1.165, 1.54) is 11.8 Å². The van der Waals surface area contributed by atoms with E-state index in [0.29, 0.717) is 36.5 Å². The van der Waals surface area contributed by atoms with E-state index >= 15 is 0 Å². The minimum absolute atomic E-state index is 0.0853. The molecule has 3 atom stereocenters. The summed E-state index contributed by atoms with van der Waals surface area (Å²) in [5, 5.41) is 17.3.